The van der Waals surface area contributed by atoms with Crippen LogP contribution in [0, 0.1) is 6.92 Å². The molecular weight excluding hydrogens is 352 g/mol. The summed E-state index contributed by atoms with van der Waals surface area (Å²) < 4.78 is 10.6. The molecule has 0 aliphatic carbocycles. The molecule has 0 saturated carbocycles. The van der Waals surface area contributed by atoms with Crippen LogP contribution in [0.15, 0.2) is 57.7 Å². The molecule has 0 amide bonds. The minimum Gasteiger partial charge on any atom is -0.497 e. The number of hydrogen-bond donors (Lipinski definition) is 1. The van der Waals surface area contributed by atoms with Crippen molar-refractivity contribution in [1.29, 1.82) is 0 Å². The van der Waals surface area contributed by atoms with Crippen molar-refractivity contribution in [2.24, 2.45) is 0 Å². The first-order chi connectivity index (χ1) is 13.6. The molecule has 2 heterocycles. The maximum absolute atomic E-state index is 11.9. The van der Waals surface area contributed by atoms with Gasteiger partial charge in [-0.15, -0.1) is 0 Å². The van der Waals surface area contributed by atoms with Crippen LogP contribution in [0.3, 0.4) is 0 Å². The minimum absolute atomic E-state index is 0.336. The van der Waals surface area contributed by atoms with Gasteiger partial charge in [0.05, 0.1) is 12.8 Å². The lowest BCUT2D eigenvalue weighted by atomic mass is 10.0. The minimum atomic E-state index is -0.336. The van der Waals surface area contributed by atoms with Gasteiger partial charge in [-0.1, -0.05) is 29.8 Å². The molecule has 1 N–H and O–H groups in total. The zero-order valence-corrected chi connectivity index (χ0v) is 16.4. The Kier molecular flexibility index (Phi) is 5.35. The fraction of sp³-hybridized carbons (Fsp3) is 0.348. The van der Waals surface area contributed by atoms with Gasteiger partial charge in [0.1, 0.15) is 11.3 Å². The Balaban J connectivity index is 1.43. The van der Waals surface area contributed by atoms with Crippen LogP contribution in [0.2, 0.25) is 0 Å². The van der Waals surface area contributed by atoms with Gasteiger partial charge in [-0.25, -0.2) is 4.79 Å². The van der Waals surface area contributed by atoms with Crippen molar-refractivity contribution in [3.63, 3.8) is 0 Å². The third-order valence-corrected chi connectivity index (χ3v) is 5.42. The molecule has 2 aromatic carbocycles. The van der Waals surface area contributed by atoms with Crippen molar-refractivity contribution < 1.29 is 9.15 Å². The molecule has 4 rings (SSSR count). The SMILES string of the molecule is COc1ccc2oc(=O)cc(NC3CCN(Cc4ccc(C)cc4)CC3)c2c1. The van der Waals surface area contributed by atoms with Gasteiger partial charge in [0.2, 0.25) is 0 Å². The van der Waals surface area contributed by atoms with Crippen LogP contribution in [0.5, 0.6) is 5.75 Å². The van der Waals surface area contributed by atoms with E-state index in [1.54, 1.807) is 25.3 Å². The molecule has 1 fully saturated rings. The normalized spacial score (nSPS) is 15.6. The van der Waals surface area contributed by atoms with Crippen LogP contribution in [0.1, 0.15) is 24.0 Å². The summed E-state index contributed by atoms with van der Waals surface area (Å²) in [7, 11) is 1.64. The van der Waals surface area contributed by atoms with E-state index in [9.17, 15) is 4.79 Å². The number of benzene rings is 2. The van der Waals surface area contributed by atoms with E-state index in [0.717, 1.165) is 49.3 Å². The zero-order chi connectivity index (χ0) is 19.5. The summed E-state index contributed by atoms with van der Waals surface area (Å²) >= 11 is 0. The second-order valence-corrected chi connectivity index (χ2v) is 7.52. The van der Waals surface area contributed by atoms with E-state index in [2.05, 4.69) is 41.4 Å². The van der Waals surface area contributed by atoms with E-state index in [1.807, 2.05) is 6.07 Å². The first kappa shape index (κ1) is 18.6. The lowest BCUT2D eigenvalue weighted by molar-refractivity contribution is 0.211. The molecule has 0 unspecified atom stereocenters. The molecule has 1 aliphatic heterocycles. The molecule has 0 bridgehead atoms. The highest BCUT2D eigenvalue weighted by Gasteiger charge is 2.20. The van der Waals surface area contributed by atoms with Gasteiger partial charge in [-0.05, 0) is 43.5 Å². The van der Waals surface area contributed by atoms with Crippen LogP contribution < -0.4 is 15.7 Å². The lowest BCUT2D eigenvalue weighted by Crippen LogP contribution is -2.38. The number of fused-ring (bicyclic) bond motifs is 1. The van der Waals surface area contributed by atoms with Crippen molar-refractivity contribution in [3.8, 4) is 5.75 Å². The summed E-state index contributed by atoms with van der Waals surface area (Å²) in [6.45, 7) is 5.18. The summed E-state index contributed by atoms with van der Waals surface area (Å²) in [4.78, 5) is 14.4. The number of nitrogens with zero attached hydrogens (tertiary/aromatic N) is 1. The van der Waals surface area contributed by atoms with E-state index < -0.39 is 0 Å². The average molecular weight is 378 g/mol. The van der Waals surface area contributed by atoms with Gasteiger partial charge in [0.15, 0.2) is 0 Å². The van der Waals surface area contributed by atoms with E-state index in [4.69, 9.17) is 9.15 Å². The number of ether oxygens (including phenoxy) is 1. The quantitative estimate of drug-likeness (QED) is 0.675. The number of nitrogens with one attached hydrogen (secondary N) is 1. The molecule has 5 nitrogen and oxygen atoms in total. The van der Waals surface area contributed by atoms with E-state index in [1.165, 1.54) is 11.1 Å². The Labute approximate surface area is 164 Å². The fourth-order valence-corrected chi connectivity index (χ4v) is 3.80. The zero-order valence-electron chi connectivity index (χ0n) is 16.4. The van der Waals surface area contributed by atoms with Crippen LogP contribution >= 0.6 is 0 Å². The smallest absolute Gasteiger partial charge is 0.338 e. The molecular formula is C23H26N2O3. The Bertz CT molecular complexity index is 1000. The number of hydrogen-bond acceptors (Lipinski definition) is 5. The summed E-state index contributed by atoms with van der Waals surface area (Å²) in [5.74, 6) is 0.748. The van der Waals surface area contributed by atoms with Gasteiger partial charge in [0.25, 0.3) is 0 Å². The van der Waals surface area contributed by atoms with Crippen LogP contribution in [0.4, 0.5) is 5.69 Å². The molecule has 0 spiro atoms. The second kappa shape index (κ2) is 8.07. The topological polar surface area (TPSA) is 54.7 Å². The third kappa shape index (κ3) is 4.20. The molecule has 3 aromatic rings. The van der Waals surface area contributed by atoms with Gasteiger partial charge in [0, 0.05) is 37.1 Å². The first-order valence-corrected chi connectivity index (χ1v) is 9.77. The molecule has 1 aliphatic rings. The maximum atomic E-state index is 11.9. The molecule has 1 saturated heterocycles. The second-order valence-electron chi connectivity index (χ2n) is 7.52. The Morgan fingerprint density at radius 1 is 1.11 bits per heavy atom. The van der Waals surface area contributed by atoms with Crippen molar-refractivity contribution in [1.82, 2.24) is 4.90 Å². The number of likely N-dealkylation sites (tertiary alicyclic amines) is 1. The Hall–Kier alpha value is -2.79. The first-order valence-electron chi connectivity index (χ1n) is 9.77. The van der Waals surface area contributed by atoms with E-state index in [0.29, 0.717) is 11.6 Å². The fourth-order valence-electron chi connectivity index (χ4n) is 3.80. The van der Waals surface area contributed by atoms with Gasteiger partial charge in [-0.2, -0.15) is 0 Å². The number of piperidine rings is 1. The molecule has 1 aromatic heterocycles. The summed E-state index contributed by atoms with van der Waals surface area (Å²) in [6, 6.07) is 16.1. The largest absolute Gasteiger partial charge is 0.497 e. The maximum Gasteiger partial charge on any atom is 0.338 e. The monoisotopic (exact) mass is 378 g/mol. The van der Waals surface area contributed by atoms with Gasteiger partial charge >= 0.3 is 5.63 Å². The summed E-state index contributed by atoms with van der Waals surface area (Å²) in [5, 5.41) is 4.44. The highest BCUT2D eigenvalue weighted by Crippen LogP contribution is 2.28. The third-order valence-electron chi connectivity index (χ3n) is 5.42. The van der Waals surface area contributed by atoms with Gasteiger partial charge in [-0.3, -0.25) is 4.90 Å². The summed E-state index contributed by atoms with van der Waals surface area (Å²) in [6.07, 6.45) is 2.08. The molecule has 5 heteroatoms. The lowest BCUT2D eigenvalue weighted by Gasteiger charge is -2.33. The van der Waals surface area contributed by atoms with E-state index >= 15 is 0 Å². The summed E-state index contributed by atoms with van der Waals surface area (Å²) in [5.41, 5.74) is 3.71. The highest BCUT2D eigenvalue weighted by atomic mass is 16.5. The number of aryl methyl sites for hydroxylation is 1. The average Bonchev–Trinajstić information content (AvgIpc) is 2.71. The van der Waals surface area contributed by atoms with Crippen molar-refractivity contribution in [2.75, 3.05) is 25.5 Å². The predicted octanol–water partition coefficient (Wildman–Crippen LogP) is 4.19. The standard InChI is InChI=1S/C23H26N2O3/c1-16-3-5-17(6-4-16)15-25-11-9-18(10-12-25)24-21-14-23(26)28-22-8-7-19(27-2)13-20(21)22/h3-8,13-14,18,24H,9-12,15H2,1-2H3. The number of anilines is 1. The highest BCUT2D eigenvalue weighted by molar-refractivity contribution is 5.90. The van der Waals surface area contributed by atoms with Crippen LogP contribution in [-0.4, -0.2) is 31.1 Å². The molecule has 146 valence electrons. The van der Waals surface area contributed by atoms with E-state index in [-0.39, 0.29) is 5.63 Å². The number of methoxy groups -OCH3 is 1. The van der Waals surface area contributed by atoms with Crippen molar-refractivity contribution in [2.45, 2.75) is 32.4 Å². The molecule has 28 heavy (non-hydrogen) atoms. The number of rotatable bonds is 5. The van der Waals surface area contributed by atoms with Crippen LogP contribution in [-0.2, 0) is 6.54 Å². The predicted molar refractivity (Wildman–Crippen MR) is 112 cm³/mol. The Morgan fingerprint density at radius 2 is 1.86 bits per heavy atom. The van der Waals surface area contributed by atoms with Crippen molar-refractivity contribution >= 4 is 16.7 Å². The van der Waals surface area contributed by atoms with Crippen molar-refractivity contribution in [3.05, 3.63) is 70.1 Å². The molecule has 0 radical (unpaired) electrons. The van der Waals surface area contributed by atoms with Crippen LogP contribution in [0.25, 0.3) is 11.0 Å². The van der Waals surface area contributed by atoms with Gasteiger partial charge < -0.3 is 14.5 Å². The Morgan fingerprint density at radius 3 is 2.57 bits per heavy atom. The molecule has 0 atom stereocenters.